The van der Waals surface area contributed by atoms with Gasteiger partial charge in [-0.1, -0.05) is 18.2 Å². The molecule has 2 aromatic carbocycles. The number of nitro groups is 1. The fraction of sp³-hybridized carbons (Fsp3) is 0.176. The van der Waals surface area contributed by atoms with Gasteiger partial charge in [0.25, 0.3) is 5.69 Å². The van der Waals surface area contributed by atoms with Gasteiger partial charge >= 0.3 is 24.3 Å². The van der Waals surface area contributed by atoms with Crippen molar-refractivity contribution in [2.24, 2.45) is 0 Å². The number of nitrogens with two attached hydrogens (primary N) is 1. The number of nitro benzene ring substituents is 1. The molecular weight excluding hydrogens is 456 g/mol. The quantitative estimate of drug-likeness (QED) is 0.225. The molecule has 0 spiro atoms. The van der Waals surface area contributed by atoms with Crippen molar-refractivity contribution in [2.45, 2.75) is 18.9 Å². The van der Waals surface area contributed by atoms with Crippen molar-refractivity contribution in [1.29, 1.82) is 0 Å². The number of nitrogen functional groups attached to an aromatic ring is 1. The van der Waals surface area contributed by atoms with Gasteiger partial charge in [0.15, 0.2) is 0 Å². The van der Waals surface area contributed by atoms with Crippen LogP contribution in [-0.2, 0) is 16.1 Å². The lowest BCUT2D eigenvalue weighted by Gasteiger charge is -2.07. The lowest BCUT2D eigenvalue weighted by atomic mass is 10.2. The molecule has 0 aliphatic heterocycles. The third kappa shape index (κ3) is 11.8. The maximum absolute atomic E-state index is 10.6. The predicted molar refractivity (Wildman–Crippen MR) is 98.7 cm³/mol. The van der Waals surface area contributed by atoms with Crippen LogP contribution < -0.4 is 11.1 Å². The highest BCUT2D eigenvalue weighted by Crippen LogP contribution is 2.16. The fourth-order valence-electron chi connectivity index (χ4n) is 1.63. The fourth-order valence-corrected chi connectivity index (χ4v) is 1.63. The van der Waals surface area contributed by atoms with E-state index in [4.69, 9.17) is 25.5 Å². The molecule has 0 fully saturated rings. The maximum atomic E-state index is 10.6. The summed E-state index contributed by atoms with van der Waals surface area (Å²) in [6, 6.07) is 13.9. The van der Waals surface area contributed by atoms with Gasteiger partial charge in [-0.15, -0.1) is 0 Å². The molecule has 0 atom stereocenters. The van der Waals surface area contributed by atoms with E-state index in [0.29, 0.717) is 12.2 Å². The number of benzene rings is 2. The second-order valence-corrected chi connectivity index (χ2v) is 5.51. The number of non-ortho nitro benzene ring substituents is 1. The van der Waals surface area contributed by atoms with Gasteiger partial charge in [0.05, 0.1) is 4.92 Å². The summed E-state index contributed by atoms with van der Waals surface area (Å²) in [5.74, 6) is -5.51. The minimum absolute atomic E-state index is 0.0990. The van der Waals surface area contributed by atoms with Crippen LogP contribution in [0.2, 0.25) is 0 Å². The van der Waals surface area contributed by atoms with Crippen LogP contribution in [0.4, 0.5) is 43.4 Å². The molecule has 5 N–H and O–H groups in total. The Balaban J connectivity index is 0.000000570. The molecule has 0 bridgehead atoms. The first-order valence-electron chi connectivity index (χ1n) is 7.97. The van der Waals surface area contributed by atoms with Crippen LogP contribution in [-0.4, -0.2) is 39.4 Å². The monoisotopic (exact) mass is 471 g/mol. The maximum Gasteiger partial charge on any atom is 0.490 e. The molecule has 2 rings (SSSR count). The van der Waals surface area contributed by atoms with Crippen LogP contribution in [0.25, 0.3) is 0 Å². The Morgan fingerprint density at radius 2 is 1.41 bits per heavy atom. The molecule has 0 saturated carbocycles. The number of hydrogen-bond donors (Lipinski definition) is 4. The minimum atomic E-state index is -5.08. The van der Waals surface area contributed by atoms with Gasteiger partial charge in [-0.05, 0) is 23.8 Å². The van der Waals surface area contributed by atoms with Crippen LogP contribution in [0.1, 0.15) is 5.56 Å². The molecule has 0 aliphatic carbocycles. The van der Waals surface area contributed by atoms with Gasteiger partial charge in [0.1, 0.15) is 0 Å². The Kier molecular flexibility index (Phi) is 10.5. The third-order valence-corrected chi connectivity index (χ3v) is 2.99. The van der Waals surface area contributed by atoms with Crippen LogP contribution >= 0.6 is 0 Å². The molecule has 0 heterocycles. The summed E-state index contributed by atoms with van der Waals surface area (Å²) in [6.07, 6.45) is -10.2. The second-order valence-electron chi connectivity index (χ2n) is 5.51. The summed E-state index contributed by atoms with van der Waals surface area (Å²) in [5.41, 5.74) is 8.18. The molecule has 0 saturated heterocycles. The van der Waals surface area contributed by atoms with E-state index in [9.17, 15) is 36.5 Å². The highest BCUT2D eigenvalue weighted by molar-refractivity contribution is 5.73. The van der Waals surface area contributed by atoms with Gasteiger partial charge in [0.2, 0.25) is 0 Å². The van der Waals surface area contributed by atoms with E-state index in [2.05, 4.69) is 5.32 Å². The minimum Gasteiger partial charge on any atom is -0.475 e. The van der Waals surface area contributed by atoms with Crippen LogP contribution in [0.3, 0.4) is 0 Å². The molecule has 0 unspecified atom stereocenters. The topological polar surface area (TPSA) is 156 Å². The van der Waals surface area contributed by atoms with Crippen molar-refractivity contribution in [1.82, 2.24) is 0 Å². The molecule has 2 aromatic rings. The predicted octanol–water partition coefficient (Wildman–Crippen LogP) is 4.06. The number of anilines is 2. The van der Waals surface area contributed by atoms with Crippen molar-refractivity contribution in [3.8, 4) is 0 Å². The van der Waals surface area contributed by atoms with Gasteiger partial charge in [-0.2, -0.15) is 26.3 Å². The average molecular weight is 471 g/mol. The average Bonchev–Trinajstić information content (AvgIpc) is 2.66. The summed E-state index contributed by atoms with van der Waals surface area (Å²) in [4.78, 5) is 28.0. The van der Waals surface area contributed by atoms with Crippen LogP contribution in [0.5, 0.6) is 0 Å². The zero-order valence-electron chi connectivity index (χ0n) is 15.6. The Morgan fingerprint density at radius 1 is 0.938 bits per heavy atom. The summed E-state index contributed by atoms with van der Waals surface area (Å²) in [7, 11) is 0. The number of aliphatic carboxylic acids is 2. The number of carboxylic acids is 2. The smallest absolute Gasteiger partial charge is 0.475 e. The van der Waals surface area contributed by atoms with Gasteiger partial charge in [0, 0.05) is 30.1 Å². The first-order chi connectivity index (χ1) is 14.5. The number of alkyl halides is 6. The molecule has 0 amide bonds. The van der Waals surface area contributed by atoms with E-state index in [-0.39, 0.29) is 5.69 Å². The van der Waals surface area contributed by atoms with Crippen molar-refractivity contribution >= 4 is 29.0 Å². The first kappa shape index (κ1) is 28.0. The Bertz CT molecular complexity index is 909. The highest BCUT2D eigenvalue weighted by Gasteiger charge is 2.38. The number of rotatable bonds is 4. The first-order valence-corrected chi connectivity index (χ1v) is 7.97. The zero-order chi connectivity index (χ0) is 25.1. The van der Waals surface area contributed by atoms with Crippen molar-refractivity contribution in [3.63, 3.8) is 0 Å². The molecule has 0 aliphatic rings. The van der Waals surface area contributed by atoms with Crippen molar-refractivity contribution in [3.05, 3.63) is 64.2 Å². The van der Waals surface area contributed by atoms with E-state index < -0.39 is 29.2 Å². The van der Waals surface area contributed by atoms with E-state index in [1.165, 1.54) is 6.07 Å². The molecular formula is C17H15F6N3O6. The normalized spacial score (nSPS) is 10.6. The lowest BCUT2D eigenvalue weighted by molar-refractivity contribution is -0.384. The molecule has 0 aromatic heterocycles. The SMILES string of the molecule is Nc1cccc(NCc2cccc([N+](=O)[O-])c2)c1.O=C(O)C(F)(F)F.O=C(O)C(F)(F)F. The number of carbonyl (C=O) groups is 2. The Morgan fingerprint density at radius 3 is 1.81 bits per heavy atom. The summed E-state index contributed by atoms with van der Waals surface area (Å²) < 4.78 is 63.5. The number of hydrogen-bond acceptors (Lipinski definition) is 6. The number of nitrogens with one attached hydrogen (secondary N) is 1. The number of nitrogens with zero attached hydrogens (tertiary/aromatic N) is 1. The van der Waals surface area contributed by atoms with E-state index in [0.717, 1.165) is 11.3 Å². The number of carboxylic acid groups (broad SMARTS) is 2. The van der Waals surface area contributed by atoms with Crippen molar-refractivity contribution < 1.29 is 51.1 Å². The third-order valence-electron chi connectivity index (χ3n) is 2.99. The molecule has 15 heteroatoms. The largest absolute Gasteiger partial charge is 0.490 e. The lowest BCUT2D eigenvalue weighted by Crippen LogP contribution is -2.21. The highest BCUT2D eigenvalue weighted by atomic mass is 19.4. The molecule has 9 nitrogen and oxygen atoms in total. The molecule has 0 radical (unpaired) electrons. The standard InChI is InChI=1S/C13H13N3O2.2C2HF3O2/c14-11-4-2-5-12(8-11)15-9-10-3-1-6-13(7-10)16(17)18;2*3-2(4,5)1(6)7/h1-8,15H,9,14H2;2*(H,6,7). The van der Waals surface area contributed by atoms with E-state index in [1.54, 1.807) is 18.2 Å². The van der Waals surface area contributed by atoms with Gasteiger partial charge in [-0.3, -0.25) is 10.1 Å². The number of halogens is 6. The molecule has 176 valence electrons. The Hall–Kier alpha value is -4.04. The van der Waals surface area contributed by atoms with Crippen LogP contribution in [0, 0.1) is 10.1 Å². The Labute approximate surface area is 175 Å². The molecule has 32 heavy (non-hydrogen) atoms. The van der Waals surface area contributed by atoms with E-state index >= 15 is 0 Å². The summed E-state index contributed by atoms with van der Waals surface area (Å²) in [5, 5.41) is 28.1. The summed E-state index contributed by atoms with van der Waals surface area (Å²) in [6.45, 7) is 0.519. The zero-order valence-corrected chi connectivity index (χ0v) is 15.6. The van der Waals surface area contributed by atoms with Gasteiger partial charge < -0.3 is 21.3 Å². The second kappa shape index (κ2) is 12.0. The van der Waals surface area contributed by atoms with Crippen molar-refractivity contribution in [2.75, 3.05) is 11.1 Å². The van der Waals surface area contributed by atoms with E-state index in [1.807, 2.05) is 24.3 Å². The van der Waals surface area contributed by atoms with Gasteiger partial charge in [-0.25, -0.2) is 9.59 Å². The summed E-state index contributed by atoms with van der Waals surface area (Å²) >= 11 is 0. The van der Waals surface area contributed by atoms with Crippen LogP contribution in [0.15, 0.2) is 48.5 Å².